The number of hydrogen-bond donors (Lipinski definition) is 3. The van der Waals surface area contributed by atoms with E-state index in [0.29, 0.717) is 0 Å². The predicted octanol–water partition coefficient (Wildman–Crippen LogP) is 0.286. The topological polar surface area (TPSA) is 84.6 Å². The van der Waals surface area contributed by atoms with E-state index in [4.69, 9.17) is 15.6 Å². The van der Waals surface area contributed by atoms with Gasteiger partial charge in [-0.1, -0.05) is 0 Å². The zero-order valence-corrected chi connectivity index (χ0v) is 9.58. The Labute approximate surface area is 103 Å². The molecule has 0 saturated heterocycles. The van der Waals surface area contributed by atoms with Crippen LogP contribution >= 0.6 is 0 Å². The van der Waals surface area contributed by atoms with Gasteiger partial charge in [-0.3, -0.25) is 4.79 Å². The Morgan fingerprint density at radius 2 is 2.11 bits per heavy atom. The Balaban J connectivity index is 2.56. The molecular weight excluding hydrogens is 246 g/mol. The molecule has 0 saturated carbocycles. The highest BCUT2D eigenvalue weighted by atomic mass is 19.1. The molecule has 0 fully saturated rings. The number of carbonyl (C=O) groups is 1. The first kappa shape index (κ1) is 14.3. The minimum absolute atomic E-state index is 0.120. The molecule has 0 atom stereocenters. The highest BCUT2D eigenvalue weighted by molar-refractivity contribution is 5.95. The van der Waals surface area contributed by atoms with Crippen LogP contribution in [0.3, 0.4) is 0 Å². The SMILES string of the molecule is Nc1cc(F)cc(C(=O)NCCOCCO)c1F. The van der Waals surface area contributed by atoms with Gasteiger partial charge < -0.3 is 20.9 Å². The van der Waals surface area contributed by atoms with Crippen molar-refractivity contribution in [2.75, 3.05) is 32.1 Å². The third-order valence-electron chi connectivity index (χ3n) is 2.08. The summed E-state index contributed by atoms with van der Waals surface area (Å²) >= 11 is 0. The quantitative estimate of drug-likeness (QED) is 0.507. The first-order valence-corrected chi connectivity index (χ1v) is 5.27. The normalized spacial score (nSPS) is 10.4. The zero-order valence-electron chi connectivity index (χ0n) is 9.58. The highest BCUT2D eigenvalue weighted by Gasteiger charge is 2.15. The van der Waals surface area contributed by atoms with Crippen LogP contribution in [0.4, 0.5) is 14.5 Å². The molecule has 1 aromatic carbocycles. The molecule has 0 radical (unpaired) electrons. The van der Waals surface area contributed by atoms with Gasteiger partial charge in [0.05, 0.1) is 31.1 Å². The summed E-state index contributed by atoms with van der Waals surface area (Å²) < 4.78 is 31.3. The van der Waals surface area contributed by atoms with E-state index in [2.05, 4.69) is 5.32 Å². The fourth-order valence-corrected chi connectivity index (χ4v) is 1.27. The minimum Gasteiger partial charge on any atom is -0.396 e. The lowest BCUT2D eigenvalue weighted by molar-refractivity contribution is 0.0835. The van der Waals surface area contributed by atoms with E-state index in [1.165, 1.54) is 0 Å². The number of halogens is 2. The molecule has 0 heterocycles. The second-order valence-corrected chi connectivity index (χ2v) is 3.45. The van der Waals surface area contributed by atoms with Crippen molar-refractivity contribution >= 4 is 11.6 Å². The Kier molecular flexibility index (Phi) is 5.47. The molecule has 1 rings (SSSR count). The first-order valence-electron chi connectivity index (χ1n) is 5.27. The molecule has 0 bridgehead atoms. The van der Waals surface area contributed by atoms with Gasteiger partial charge in [0.1, 0.15) is 5.82 Å². The van der Waals surface area contributed by atoms with Gasteiger partial charge >= 0.3 is 0 Å². The molecule has 0 aromatic heterocycles. The number of nitrogens with one attached hydrogen (secondary N) is 1. The number of hydrogen-bond acceptors (Lipinski definition) is 4. The minimum atomic E-state index is -0.954. The lowest BCUT2D eigenvalue weighted by atomic mass is 10.1. The number of aliphatic hydroxyl groups is 1. The summed E-state index contributed by atoms with van der Waals surface area (Å²) in [4.78, 5) is 11.5. The van der Waals surface area contributed by atoms with Gasteiger partial charge in [0.2, 0.25) is 0 Å². The van der Waals surface area contributed by atoms with Gasteiger partial charge in [-0.25, -0.2) is 8.78 Å². The number of rotatable bonds is 6. The van der Waals surface area contributed by atoms with E-state index in [0.717, 1.165) is 12.1 Å². The predicted molar refractivity (Wildman–Crippen MR) is 61.0 cm³/mol. The molecule has 0 aliphatic heterocycles. The average molecular weight is 260 g/mol. The summed E-state index contributed by atoms with van der Waals surface area (Å²) in [5.41, 5.74) is 4.34. The van der Waals surface area contributed by atoms with Gasteiger partial charge in [0.15, 0.2) is 5.82 Å². The van der Waals surface area contributed by atoms with E-state index < -0.39 is 28.8 Å². The molecule has 18 heavy (non-hydrogen) atoms. The van der Waals surface area contributed by atoms with Crippen molar-refractivity contribution in [3.63, 3.8) is 0 Å². The molecule has 1 amide bonds. The molecular formula is C11H14F2N2O3. The van der Waals surface area contributed by atoms with Gasteiger partial charge in [-0.05, 0) is 12.1 Å². The van der Waals surface area contributed by atoms with Crippen LogP contribution in [0.1, 0.15) is 10.4 Å². The number of anilines is 1. The van der Waals surface area contributed by atoms with Crippen LogP contribution in [0.5, 0.6) is 0 Å². The summed E-state index contributed by atoms with van der Waals surface area (Å²) in [5.74, 6) is -2.51. The number of aliphatic hydroxyl groups excluding tert-OH is 1. The number of amides is 1. The summed E-state index contributed by atoms with van der Waals surface area (Å²) in [6, 6.07) is 1.58. The zero-order chi connectivity index (χ0) is 13.5. The van der Waals surface area contributed by atoms with Gasteiger partial charge in [0, 0.05) is 6.54 Å². The molecule has 4 N–H and O–H groups in total. The molecule has 0 aliphatic carbocycles. The maximum atomic E-state index is 13.4. The van der Waals surface area contributed by atoms with Crippen LogP contribution < -0.4 is 11.1 Å². The molecule has 1 aromatic rings. The van der Waals surface area contributed by atoms with Crippen molar-refractivity contribution in [1.82, 2.24) is 5.32 Å². The number of ether oxygens (including phenoxy) is 1. The molecule has 100 valence electrons. The van der Waals surface area contributed by atoms with Crippen LogP contribution in [0.25, 0.3) is 0 Å². The van der Waals surface area contributed by atoms with Crippen LogP contribution in [-0.2, 0) is 4.74 Å². The van der Waals surface area contributed by atoms with Crippen molar-refractivity contribution in [3.05, 3.63) is 29.3 Å². The average Bonchev–Trinajstić information content (AvgIpc) is 2.33. The van der Waals surface area contributed by atoms with E-state index in [1.54, 1.807) is 0 Å². The molecule has 0 spiro atoms. The number of carbonyl (C=O) groups excluding carboxylic acids is 1. The van der Waals surface area contributed by atoms with Crippen molar-refractivity contribution < 1.29 is 23.4 Å². The standard InChI is InChI=1S/C11H14F2N2O3/c12-7-5-8(10(13)9(14)6-7)11(17)15-1-3-18-4-2-16/h5-6,16H,1-4,14H2,(H,15,17). The number of nitrogen functional groups attached to an aromatic ring is 1. The first-order chi connectivity index (χ1) is 8.56. The van der Waals surface area contributed by atoms with E-state index >= 15 is 0 Å². The maximum Gasteiger partial charge on any atom is 0.254 e. The Morgan fingerprint density at radius 3 is 2.78 bits per heavy atom. The third-order valence-corrected chi connectivity index (χ3v) is 2.08. The largest absolute Gasteiger partial charge is 0.396 e. The number of benzene rings is 1. The van der Waals surface area contributed by atoms with Crippen molar-refractivity contribution in [1.29, 1.82) is 0 Å². The molecule has 0 aliphatic rings. The lowest BCUT2D eigenvalue weighted by Crippen LogP contribution is -2.28. The number of nitrogens with two attached hydrogens (primary N) is 1. The van der Waals surface area contributed by atoms with Crippen LogP contribution in [0, 0.1) is 11.6 Å². The van der Waals surface area contributed by atoms with E-state index in [-0.39, 0.29) is 26.4 Å². The Bertz CT molecular complexity index is 427. The van der Waals surface area contributed by atoms with Crippen LogP contribution in [-0.4, -0.2) is 37.4 Å². The summed E-state index contributed by atoms with van der Waals surface area (Å²) in [5, 5.41) is 10.8. The Morgan fingerprint density at radius 1 is 1.39 bits per heavy atom. The van der Waals surface area contributed by atoms with Crippen LogP contribution in [0.2, 0.25) is 0 Å². The molecule has 5 nitrogen and oxygen atoms in total. The monoisotopic (exact) mass is 260 g/mol. The maximum absolute atomic E-state index is 13.4. The van der Waals surface area contributed by atoms with E-state index in [1.807, 2.05) is 0 Å². The fraction of sp³-hybridized carbons (Fsp3) is 0.364. The second-order valence-electron chi connectivity index (χ2n) is 3.45. The van der Waals surface area contributed by atoms with Gasteiger partial charge in [-0.2, -0.15) is 0 Å². The lowest BCUT2D eigenvalue weighted by Gasteiger charge is -2.08. The third kappa shape index (κ3) is 3.94. The second kappa shape index (κ2) is 6.87. The summed E-state index contributed by atoms with van der Waals surface area (Å²) in [7, 11) is 0. The fourth-order valence-electron chi connectivity index (χ4n) is 1.27. The smallest absolute Gasteiger partial charge is 0.254 e. The Hall–Kier alpha value is -1.73. The highest BCUT2D eigenvalue weighted by Crippen LogP contribution is 2.17. The summed E-state index contributed by atoms with van der Waals surface area (Å²) in [6.45, 7) is 0.313. The summed E-state index contributed by atoms with van der Waals surface area (Å²) in [6.07, 6.45) is 0. The van der Waals surface area contributed by atoms with Gasteiger partial charge in [0.25, 0.3) is 5.91 Å². The molecule has 7 heteroatoms. The van der Waals surface area contributed by atoms with Crippen molar-refractivity contribution in [3.8, 4) is 0 Å². The van der Waals surface area contributed by atoms with Crippen LogP contribution in [0.15, 0.2) is 12.1 Å². The van der Waals surface area contributed by atoms with Crippen molar-refractivity contribution in [2.45, 2.75) is 0 Å². The molecule has 0 unspecified atom stereocenters. The van der Waals surface area contributed by atoms with Crippen molar-refractivity contribution in [2.24, 2.45) is 0 Å². The van der Waals surface area contributed by atoms with E-state index in [9.17, 15) is 13.6 Å². The van der Waals surface area contributed by atoms with Gasteiger partial charge in [-0.15, -0.1) is 0 Å².